The fourth-order valence-corrected chi connectivity index (χ4v) is 4.81. The van der Waals surface area contributed by atoms with Gasteiger partial charge in [-0.2, -0.15) is 0 Å². The van der Waals surface area contributed by atoms with Gasteiger partial charge >= 0.3 is 0 Å². The number of benzene rings is 3. The monoisotopic (exact) mass is 576 g/mol. The first-order valence-corrected chi connectivity index (χ1v) is 14.1. The summed E-state index contributed by atoms with van der Waals surface area (Å²) in [5.41, 5.74) is 6.84. The Kier molecular flexibility index (Phi) is 8.27. The molecule has 0 atom stereocenters. The minimum atomic E-state index is -0.175. The highest BCUT2D eigenvalue weighted by Gasteiger charge is 2.17. The summed E-state index contributed by atoms with van der Waals surface area (Å²) in [6.45, 7) is 8.57. The van der Waals surface area contributed by atoms with Crippen molar-refractivity contribution in [1.29, 1.82) is 0 Å². The third kappa shape index (κ3) is 6.42. The quantitative estimate of drug-likeness (QED) is 0.207. The molecule has 0 spiro atoms. The highest BCUT2D eigenvalue weighted by atomic mass is 16.3. The number of likely N-dealkylation sites (N-methyl/N-ethyl adjacent to an activating group) is 1. The Bertz CT molecular complexity index is 1770. The van der Waals surface area contributed by atoms with Gasteiger partial charge in [0, 0.05) is 60.2 Å². The lowest BCUT2D eigenvalue weighted by Gasteiger charge is -2.19. The highest BCUT2D eigenvalue weighted by molar-refractivity contribution is 6.05. The molecular formula is C34H36N6O3. The van der Waals surface area contributed by atoms with Gasteiger partial charge in [-0.05, 0) is 65.9 Å². The van der Waals surface area contributed by atoms with E-state index in [0.717, 1.165) is 16.8 Å². The molecular weight excluding hydrogens is 540 g/mol. The number of carbonyl (C=O) groups is 2. The summed E-state index contributed by atoms with van der Waals surface area (Å²) in [6.07, 6.45) is 5.47. The van der Waals surface area contributed by atoms with E-state index in [1.165, 1.54) is 10.5 Å². The summed E-state index contributed by atoms with van der Waals surface area (Å²) >= 11 is 0. The van der Waals surface area contributed by atoms with Crippen LogP contribution in [0.5, 0.6) is 0 Å². The summed E-state index contributed by atoms with van der Waals surface area (Å²) in [4.78, 5) is 36.5. The molecule has 5 rings (SSSR count). The second-order valence-electron chi connectivity index (χ2n) is 11.5. The van der Waals surface area contributed by atoms with E-state index in [2.05, 4.69) is 36.4 Å². The molecule has 2 heterocycles. The van der Waals surface area contributed by atoms with Crippen LogP contribution < -0.4 is 10.6 Å². The van der Waals surface area contributed by atoms with Crippen molar-refractivity contribution in [3.8, 4) is 11.3 Å². The maximum atomic E-state index is 13.1. The minimum absolute atomic E-state index is 0.0110. The van der Waals surface area contributed by atoms with Crippen LogP contribution in [0.3, 0.4) is 0 Å². The van der Waals surface area contributed by atoms with E-state index in [-0.39, 0.29) is 30.4 Å². The van der Waals surface area contributed by atoms with Crippen LogP contribution in [-0.4, -0.2) is 56.4 Å². The Morgan fingerprint density at radius 3 is 2.35 bits per heavy atom. The predicted molar refractivity (Wildman–Crippen MR) is 170 cm³/mol. The number of fused-ring (bicyclic) bond motifs is 1. The van der Waals surface area contributed by atoms with E-state index < -0.39 is 0 Å². The van der Waals surface area contributed by atoms with Gasteiger partial charge in [0.15, 0.2) is 11.5 Å². The minimum Gasteiger partial charge on any atom is -0.395 e. The van der Waals surface area contributed by atoms with Crippen molar-refractivity contribution in [3.05, 3.63) is 108 Å². The molecule has 0 saturated carbocycles. The van der Waals surface area contributed by atoms with Gasteiger partial charge in [0.05, 0.1) is 12.3 Å². The molecule has 0 bridgehead atoms. The van der Waals surface area contributed by atoms with Crippen molar-refractivity contribution < 1.29 is 14.7 Å². The van der Waals surface area contributed by atoms with E-state index in [0.29, 0.717) is 34.0 Å². The maximum Gasteiger partial charge on any atom is 0.255 e. The maximum absolute atomic E-state index is 13.1. The molecule has 0 unspecified atom stereocenters. The van der Waals surface area contributed by atoms with E-state index >= 15 is 0 Å². The molecule has 2 amide bonds. The molecule has 0 aliphatic heterocycles. The molecule has 9 heteroatoms. The van der Waals surface area contributed by atoms with E-state index in [1.54, 1.807) is 25.4 Å². The van der Waals surface area contributed by atoms with Gasteiger partial charge in [0.1, 0.15) is 0 Å². The Hall–Kier alpha value is -5.02. The Morgan fingerprint density at radius 1 is 0.977 bits per heavy atom. The number of rotatable bonds is 8. The van der Waals surface area contributed by atoms with Crippen molar-refractivity contribution in [2.45, 2.75) is 33.1 Å². The third-order valence-corrected chi connectivity index (χ3v) is 7.42. The molecule has 0 aliphatic carbocycles. The third-order valence-electron chi connectivity index (χ3n) is 7.42. The lowest BCUT2D eigenvalue weighted by Crippen LogP contribution is -2.29. The molecule has 9 nitrogen and oxygen atoms in total. The molecule has 220 valence electrons. The number of anilines is 3. The second kappa shape index (κ2) is 12.1. The molecule has 0 saturated heterocycles. The number of aromatic nitrogens is 3. The number of nitrogens with one attached hydrogen (secondary N) is 2. The SMILES string of the molecule is Cc1c(NC(=O)c2ccc(C(C)(C)C)cc2)cccc1-c1cn2ccnc2c(Nc2ccc(C(=O)N(C)CCO)cc2)n1. The molecule has 0 fully saturated rings. The van der Waals surface area contributed by atoms with Crippen molar-refractivity contribution in [1.82, 2.24) is 19.3 Å². The predicted octanol–water partition coefficient (Wildman–Crippen LogP) is 6.06. The van der Waals surface area contributed by atoms with Gasteiger partial charge < -0.3 is 25.0 Å². The number of carbonyl (C=O) groups excluding carboxylic acids is 2. The zero-order valence-corrected chi connectivity index (χ0v) is 25.0. The van der Waals surface area contributed by atoms with E-state index in [1.807, 2.05) is 78.3 Å². The van der Waals surface area contributed by atoms with Gasteiger partial charge in [0.2, 0.25) is 0 Å². The lowest BCUT2D eigenvalue weighted by atomic mass is 9.86. The highest BCUT2D eigenvalue weighted by Crippen LogP contribution is 2.31. The van der Waals surface area contributed by atoms with Gasteiger partial charge in [0.25, 0.3) is 11.8 Å². The summed E-state index contributed by atoms with van der Waals surface area (Å²) in [5.74, 6) is 0.207. The van der Waals surface area contributed by atoms with Crippen LogP contribution in [0.1, 0.15) is 52.6 Å². The first-order valence-electron chi connectivity index (χ1n) is 14.1. The van der Waals surface area contributed by atoms with Gasteiger partial charge in [-0.15, -0.1) is 0 Å². The molecule has 43 heavy (non-hydrogen) atoms. The molecule has 2 aromatic heterocycles. The van der Waals surface area contributed by atoms with Crippen LogP contribution in [0, 0.1) is 6.92 Å². The Balaban J connectivity index is 1.40. The van der Waals surface area contributed by atoms with Crippen molar-refractivity contribution in [2.24, 2.45) is 0 Å². The lowest BCUT2D eigenvalue weighted by molar-refractivity contribution is 0.0767. The normalized spacial score (nSPS) is 11.4. The molecule has 0 radical (unpaired) electrons. The summed E-state index contributed by atoms with van der Waals surface area (Å²) < 4.78 is 1.90. The largest absolute Gasteiger partial charge is 0.395 e. The number of amides is 2. The average Bonchev–Trinajstić information content (AvgIpc) is 3.47. The zero-order chi connectivity index (χ0) is 30.7. The van der Waals surface area contributed by atoms with Crippen LogP contribution in [0.15, 0.2) is 85.3 Å². The molecule has 3 N–H and O–H groups in total. The fourth-order valence-electron chi connectivity index (χ4n) is 4.81. The number of aliphatic hydroxyl groups is 1. The van der Waals surface area contributed by atoms with Crippen molar-refractivity contribution in [3.63, 3.8) is 0 Å². The summed E-state index contributed by atoms with van der Waals surface area (Å²) in [5, 5.41) is 15.5. The molecule has 5 aromatic rings. The number of hydrogen-bond acceptors (Lipinski definition) is 6. The summed E-state index contributed by atoms with van der Waals surface area (Å²) in [7, 11) is 1.65. The van der Waals surface area contributed by atoms with Gasteiger partial charge in [-0.25, -0.2) is 9.97 Å². The number of aliphatic hydroxyl groups excluding tert-OH is 1. The van der Waals surface area contributed by atoms with Crippen LogP contribution >= 0.6 is 0 Å². The number of imidazole rings is 1. The smallest absolute Gasteiger partial charge is 0.255 e. The van der Waals surface area contributed by atoms with Crippen LogP contribution in [-0.2, 0) is 5.41 Å². The van der Waals surface area contributed by atoms with Crippen LogP contribution in [0.25, 0.3) is 16.9 Å². The van der Waals surface area contributed by atoms with Crippen LogP contribution in [0.4, 0.5) is 17.2 Å². The standard InChI is InChI=1S/C34H36N6O3/c1-22-27(7-6-8-28(22)38-32(42)23-9-13-25(14-10-23)34(2,3)4)29-21-40-18-17-35-31(40)30(37-29)36-26-15-11-24(12-16-26)33(43)39(5)19-20-41/h6-18,21,41H,19-20H2,1-5H3,(H,36,37)(H,38,42). The summed E-state index contributed by atoms with van der Waals surface area (Å²) in [6, 6.07) is 20.6. The number of nitrogens with zero attached hydrogens (tertiary/aromatic N) is 4. The first-order chi connectivity index (χ1) is 20.5. The van der Waals surface area contributed by atoms with E-state index in [9.17, 15) is 9.59 Å². The molecule has 3 aromatic carbocycles. The number of hydrogen-bond donors (Lipinski definition) is 3. The van der Waals surface area contributed by atoms with E-state index in [4.69, 9.17) is 10.1 Å². The Labute approximate surface area is 251 Å². The van der Waals surface area contributed by atoms with Crippen LogP contribution in [0.2, 0.25) is 0 Å². The van der Waals surface area contributed by atoms with Gasteiger partial charge in [-0.3, -0.25) is 9.59 Å². The average molecular weight is 577 g/mol. The Morgan fingerprint density at radius 2 is 1.67 bits per heavy atom. The van der Waals surface area contributed by atoms with Crippen molar-refractivity contribution in [2.75, 3.05) is 30.8 Å². The zero-order valence-electron chi connectivity index (χ0n) is 25.0. The fraction of sp³-hybridized carbons (Fsp3) is 0.235. The first kappa shape index (κ1) is 29.5. The second-order valence-corrected chi connectivity index (χ2v) is 11.5. The topological polar surface area (TPSA) is 112 Å². The van der Waals surface area contributed by atoms with Gasteiger partial charge in [-0.1, -0.05) is 45.0 Å². The van der Waals surface area contributed by atoms with Crippen molar-refractivity contribution >= 4 is 34.7 Å². The molecule has 0 aliphatic rings.